The predicted molar refractivity (Wildman–Crippen MR) is 138 cm³/mol. The van der Waals surface area contributed by atoms with E-state index in [0.717, 1.165) is 54.0 Å². The summed E-state index contributed by atoms with van der Waals surface area (Å²) >= 11 is 6.03. The molecule has 1 N–H and O–H groups in total. The zero-order valence-corrected chi connectivity index (χ0v) is 20.7. The first-order valence-electron chi connectivity index (χ1n) is 11.7. The molecule has 0 saturated carbocycles. The summed E-state index contributed by atoms with van der Waals surface area (Å²) in [6, 6.07) is 23.9. The molecule has 0 aliphatic heterocycles. The normalized spacial score (nSPS) is 11.5. The number of hydrogen-bond donors (Lipinski definition) is 1. The number of aryl methyl sites for hydroxylation is 1. The number of ether oxygens (including phenoxy) is 1. The van der Waals surface area contributed by atoms with Gasteiger partial charge in [-0.3, -0.25) is 0 Å². The Balaban J connectivity index is 1.40. The van der Waals surface area contributed by atoms with Gasteiger partial charge in [-0.2, -0.15) is 4.98 Å². The molecular formula is C28H29ClN2O4. The second-order valence-corrected chi connectivity index (χ2v) is 9.43. The number of nitrogens with zero attached hydrogens (tertiary/aromatic N) is 2. The van der Waals surface area contributed by atoms with Crippen LogP contribution < -0.4 is 9.64 Å². The van der Waals surface area contributed by atoms with Crippen LogP contribution in [-0.4, -0.2) is 34.8 Å². The molecule has 0 amide bonds. The zero-order valence-electron chi connectivity index (χ0n) is 19.9. The lowest BCUT2D eigenvalue weighted by Crippen LogP contribution is -2.37. The third-order valence-electron chi connectivity index (χ3n) is 5.84. The Morgan fingerprint density at radius 1 is 0.971 bits per heavy atom. The number of rotatable bonds is 11. The summed E-state index contributed by atoms with van der Waals surface area (Å²) in [5.74, 6) is -0.461. The summed E-state index contributed by atoms with van der Waals surface area (Å²) < 4.78 is 11.6. The van der Waals surface area contributed by atoms with Gasteiger partial charge < -0.3 is 19.2 Å². The van der Waals surface area contributed by atoms with Crippen LogP contribution in [0.25, 0.3) is 11.1 Å². The van der Waals surface area contributed by atoms with Crippen LogP contribution >= 0.6 is 11.6 Å². The minimum atomic E-state index is -1.27. The molecule has 1 aromatic heterocycles. The molecule has 0 spiro atoms. The second-order valence-electron chi connectivity index (χ2n) is 8.99. The Bertz CT molecular complexity index is 1230. The fourth-order valence-corrected chi connectivity index (χ4v) is 3.88. The topological polar surface area (TPSA) is 75.8 Å². The summed E-state index contributed by atoms with van der Waals surface area (Å²) in [7, 11) is 0. The molecule has 0 fully saturated rings. The van der Waals surface area contributed by atoms with Gasteiger partial charge in [-0.1, -0.05) is 48.0 Å². The highest BCUT2D eigenvalue weighted by molar-refractivity contribution is 6.30. The largest absolute Gasteiger partial charge is 0.478 e. The summed E-state index contributed by atoms with van der Waals surface area (Å²) in [5.41, 5.74) is 2.71. The first-order chi connectivity index (χ1) is 16.8. The summed E-state index contributed by atoms with van der Waals surface area (Å²) in [6.07, 6.45) is 2.61. The number of para-hydroxylation sites is 2. The second kappa shape index (κ2) is 10.8. The van der Waals surface area contributed by atoms with Crippen LogP contribution in [0, 0.1) is 0 Å². The number of aromatic nitrogens is 1. The zero-order chi connectivity index (χ0) is 24.8. The Morgan fingerprint density at radius 3 is 2.31 bits per heavy atom. The standard InChI is InChI=1S/C28H29ClN2O4/c1-28(2,26(32)33)35-23-15-11-20(12-16-23)6-5-18-31(19-17-21-9-13-22(29)14-10-21)27-30-24-7-3-4-8-25(24)34-27/h3-4,7-16H,5-6,17-19H2,1-2H3,(H,32,33). The van der Waals surface area contributed by atoms with Crippen LogP contribution in [0.1, 0.15) is 31.4 Å². The lowest BCUT2D eigenvalue weighted by Gasteiger charge is -2.22. The Hall–Kier alpha value is -3.51. The molecule has 6 nitrogen and oxygen atoms in total. The molecule has 3 aromatic carbocycles. The average molecular weight is 493 g/mol. The van der Waals surface area contributed by atoms with Crippen molar-refractivity contribution in [1.29, 1.82) is 0 Å². The van der Waals surface area contributed by atoms with Crippen molar-refractivity contribution in [3.8, 4) is 5.75 Å². The van der Waals surface area contributed by atoms with Gasteiger partial charge in [0.25, 0.3) is 6.01 Å². The Labute approximate surface area is 210 Å². The number of hydrogen-bond acceptors (Lipinski definition) is 5. The molecule has 0 atom stereocenters. The van der Waals surface area contributed by atoms with Crippen molar-refractivity contribution >= 4 is 34.7 Å². The lowest BCUT2D eigenvalue weighted by atomic mass is 10.1. The average Bonchev–Trinajstić information content (AvgIpc) is 3.27. The predicted octanol–water partition coefficient (Wildman–Crippen LogP) is 6.41. The molecule has 35 heavy (non-hydrogen) atoms. The third-order valence-corrected chi connectivity index (χ3v) is 6.09. The van der Waals surface area contributed by atoms with Crippen molar-refractivity contribution in [3.63, 3.8) is 0 Å². The van der Waals surface area contributed by atoms with Crippen molar-refractivity contribution in [3.05, 3.63) is 88.9 Å². The summed E-state index contributed by atoms with van der Waals surface area (Å²) in [6.45, 7) is 4.62. The van der Waals surface area contributed by atoms with Gasteiger partial charge in [0.1, 0.15) is 11.3 Å². The van der Waals surface area contributed by atoms with E-state index in [1.807, 2.05) is 72.8 Å². The Kier molecular flexibility index (Phi) is 7.61. The minimum Gasteiger partial charge on any atom is -0.478 e. The smallest absolute Gasteiger partial charge is 0.347 e. The van der Waals surface area contributed by atoms with Gasteiger partial charge in [0, 0.05) is 18.1 Å². The third kappa shape index (κ3) is 6.55. The van der Waals surface area contributed by atoms with E-state index in [0.29, 0.717) is 11.8 Å². The van der Waals surface area contributed by atoms with Gasteiger partial charge in [0.05, 0.1) is 0 Å². The SMILES string of the molecule is CC(C)(Oc1ccc(CCCN(CCc2ccc(Cl)cc2)c2nc3ccccc3o2)cc1)C(=O)O. The number of halogens is 1. The van der Waals surface area contributed by atoms with Crippen molar-refractivity contribution in [2.45, 2.75) is 38.7 Å². The number of aliphatic carboxylic acids is 1. The van der Waals surface area contributed by atoms with Gasteiger partial charge in [-0.05, 0) is 80.6 Å². The van der Waals surface area contributed by atoms with E-state index in [4.69, 9.17) is 25.7 Å². The highest BCUT2D eigenvalue weighted by atomic mass is 35.5. The quantitative estimate of drug-likeness (QED) is 0.261. The van der Waals surface area contributed by atoms with Gasteiger partial charge in [-0.15, -0.1) is 0 Å². The van der Waals surface area contributed by atoms with E-state index in [1.165, 1.54) is 19.4 Å². The highest BCUT2D eigenvalue weighted by Crippen LogP contribution is 2.24. The summed E-state index contributed by atoms with van der Waals surface area (Å²) in [5, 5.41) is 9.98. The van der Waals surface area contributed by atoms with Crippen molar-refractivity contribution < 1.29 is 19.1 Å². The fourth-order valence-electron chi connectivity index (χ4n) is 3.75. The van der Waals surface area contributed by atoms with E-state index in [1.54, 1.807) is 0 Å². The first kappa shape index (κ1) is 24.6. The van der Waals surface area contributed by atoms with Crippen molar-refractivity contribution in [2.75, 3.05) is 18.0 Å². The van der Waals surface area contributed by atoms with E-state index in [2.05, 4.69) is 4.90 Å². The number of fused-ring (bicyclic) bond motifs is 1. The maximum atomic E-state index is 11.3. The molecular weight excluding hydrogens is 464 g/mol. The van der Waals surface area contributed by atoms with E-state index >= 15 is 0 Å². The molecule has 0 aliphatic rings. The number of carbonyl (C=O) groups is 1. The minimum absolute atomic E-state index is 0.539. The van der Waals surface area contributed by atoms with Crippen LogP contribution in [0.5, 0.6) is 5.75 Å². The molecule has 1 heterocycles. The molecule has 0 aliphatic carbocycles. The van der Waals surface area contributed by atoms with Gasteiger partial charge >= 0.3 is 5.97 Å². The van der Waals surface area contributed by atoms with E-state index < -0.39 is 11.6 Å². The molecule has 7 heteroatoms. The lowest BCUT2D eigenvalue weighted by molar-refractivity contribution is -0.152. The number of oxazole rings is 1. The molecule has 0 radical (unpaired) electrons. The monoisotopic (exact) mass is 492 g/mol. The van der Waals surface area contributed by atoms with Crippen molar-refractivity contribution in [1.82, 2.24) is 4.98 Å². The molecule has 182 valence electrons. The number of anilines is 1. The van der Waals surface area contributed by atoms with Gasteiger partial charge in [0.2, 0.25) is 0 Å². The first-order valence-corrected chi connectivity index (χ1v) is 12.0. The van der Waals surface area contributed by atoms with Crippen LogP contribution in [-0.2, 0) is 17.6 Å². The molecule has 0 saturated heterocycles. The molecule has 0 unspecified atom stereocenters. The maximum absolute atomic E-state index is 11.3. The van der Waals surface area contributed by atoms with Crippen LogP contribution in [0.15, 0.2) is 77.2 Å². The van der Waals surface area contributed by atoms with Crippen molar-refractivity contribution in [2.24, 2.45) is 0 Å². The molecule has 4 aromatic rings. The number of carboxylic acids is 1. The van der Waals surface area contributed by atoms with Gasteiger partial charge in [-0.25, -0.2) is 4.79 Å². The van der Waals surface area contributed by atoms with Gasteiger partial charge in [0.15, 0.2) is 11.2 Å². The fraction of sp³-hybridized carbons (Fsp3) is 0.286. The molecule has 4 rings (SSSR count). The highest BCUT2D eigenvalue weighted by Gasteiger charge is 2.29. The van der Waals surface area contributed by atoms with Crippen LogP contribution in [0.4, 0.5) is 6.01 Å². The number of carboxylic acid groups (broad SMARTS) is 1. The number of benzene rings is 3. The maximum Gasteiger partial charge on any atom is 0.347 e. The Morgan fingerprint density at radius 2 is 1.63 bits per heavy atom. The van der Waals surface area contributed by atoms with E-state index in [-0.39, 0.29) is 0 Å². The summed E-state index contributed by atoms with van der Waals surface area (Å²) in [4.78, 5) is 18.2. The van der Waals surface area contributed by atoms with E-state index in [9.17, 15) is 9.90 Å². The molecule has 0 bridgehead atoms. The van der Waals surface area contributed by atoms with Crippen LogP contribution in [0.3, 0.4) is 0 Å². The van der Waals surface area contributed by atoms with Crippen LogP contribution in [0.2, 0.25) is 5.02 Å².